The van der Waals surface area contributed by atoms with Gasteiger partial charge >= 0.3 is 0 Å². The van der Waals surface area contributed by atoms with Crippen molar-refractivity contribution in [3.63, 3.8) is 0 Å². The van der Waals surface area contributed by atoms with Gasteiger partial charge in [-0.2, -0.15) is 0 Å². The molecule has 4 heteroatoms. The minimum atomic E-state index is 0.803. The molecular weight excluding hydrogens is 212 g/mol. The zero-order valence-electron chi connectivity index (χ0n) is 9.04. The predicted molar refractivity (Wildman–Crippen MR) is 67.1 cm³/mol. The van der Waals surface area contributed by atoms with Crippen LogP contribution in [0.2, 0.25) is 0 Å². The molecule has 0 bridgehead atoms. The molecule has 0 saturated heterocycles. The highest BCUT2D eigenvalue weighted by Crippen LogP contribution is 2.16. The first-order valence-corrected chi connectivity index (χ1v) is 5.31. The minimum absolute atomic E-state index is 0.803. The summed E-state index contributed by atoms with van der Waals surface area (Å²) in [6, 6.07) is 11.5. The van der Waals surface area contributed by atoms with E-state index in [9.17, 15) is 0 Å². The first-order valence-electron chi connectivity index (χ1n) is 5.31. The van der Waals surface area contributed by atoms with Crippen LogP contribution >= 0.6 is 0 Å². The van der Waals surface area contributed by atoms with Crippen LogP contribution in [0, 0.1) is 0 Å². The first-order chi connectivity index (χ1) is 8.42. The van der Waals surface area contributed by atoms with Gasteiger partial charge in [-0.3, -0.25) is 9.97 Å². The van der Waals surface area contributed by atoms with E-state index in [1.54, 1.807) is 18.6 Å². The van der Waals surface area contributed by atoms with Gasteiger partial charge in [0.25, 0.3) is 0 Å². The summed E-state index contributed by atoms with van der Waals surface area (Å²) in [6.45, 7) is 0. The molecule has 3 rings (SSSR count). The zero-order valence-corrected chi connectivity index (χ0v) is 9.04. The van der Waals surface area contributed by atoms with Crippen LogP contribution in [-0.2, 0) is 0 Å². The second-order valence-electron chi connectivity index (χ2n) is 3.60. The Morgan fingerprint density at radius 3 is 2.59 bits per heavy atom. The normalized spacial score (nSPS) is 10.4. The van der Waals surface area contributed by atoms with Crippen molar-refractivity contribution in [2.75, 3.05) is 5.32 Å². The van der Waals surface area contributed by atoms with Crippen LogP contribution in [0.15, 0.2) is 55.0 Å². The molecule has 0 aliphatic rings. The lowest BCUT2D eigenvalue weighted by molar-refractivity contribution is 1.30. The summed E-state index contributed by atoms with van der Waals surface area (Å²) >= 11 is 0. The molecule has 0 amide bonds. The third-order valence-electron chi connectivity index (χ3n) is 2.41. The highest BCUT2D eigenvalue weighted by atomic mass is 15.0. The lowest BCUT2D eigenvalue weighted by atomic mass is 10.3. The van der Waals surface area contributed by atoms with Crippen molar-refractivity contribution < 1.29 is 0 Å². The fourth-order valence-corrected chi connectivity index (χ4v) is 1.61. The van der Waals surface area contributed by atoms with Crippen molar-refractivity contribution in [2.24, 2.45) is 0 Å². The van der Waals surface area contributed by atoms with Gasteiger partial charge in [0.15, 0.2) is 0 Å². The van der Waals surface area contributed by atoms with Crippen molar-refractivity contribution >= 4 is 22.5 Å². The number of nitrogens with one attached hydrogen (secondary N) is 1. The van der Waals surface area contributed by atoms with E-state index in [4.69, 9.17) is 0 Å². The maximum atomic E-state index is 4.48. The second kappa shape index (κ2) is 4.17. The van der Waals surface area contributed by atoms with Crippen molar-refractivity contribution in [1.29, 1.82) is 0 Å². The number of hydrogen-bond donors (Lipinski definition) is 1. The summed E-state index contributed by atoms with van der Waals surface area (Å²) in [5.74, 6) is 0.803. The number of hydrogen-bond acceptors (Lipinski definition) is 4. The van der Waals surface area contributed by atoms with Gasteiger partial charge in [0, 0.05) is 24.3 Å². The SMILES string of the molecule is c1cnc2ccc(Nc3ccncc3)nc2c1. The Hall–Kier alpha value is -2.49. The van der Waals surface area contributed by atoms with Gasteiger partial charge in [0.2, 0.25) is 0 Å². The molecule has 0 aromatic carbocycles. The second-order valence-corrected chi connectivity index (χ2v) is 3.60. The number of anilines is 2. The fraction of sp³-hybridized carbons (Fsp3) is 0. The predicted octanol–water partition coefficient (Wildman–Crippen LogP) is 2.77. The number of aromatic nitrogens is 3. The van der Waals surface area contributed by atoms with E-state index < -0.39 is 0 Å². The average Bonchev–Trinajstić information content (AvgIpc) is 2.40. The van der Waals surface area contributed by atoms with Gasteiger partial charge in [-0.25, -0.2) is 4.98 Å². The molecule has 0 unspecified atom stereocenters. The van der Waals surface area contributed by atoms with Crippen molar-refractivity contribution in [1.82, 2.24) is 15.0 Å². The van der Waals surface area contributed by atoms with Crippen LogP contribution in [-0.4, -0.2) is 15.0 Å². The van der Waals surface area contributed by atoms with Gasteiger partial charge in [-0.15, -0.1) is 0 Å². The van der Waals surface area contributed by atoms with E-state index in [-0.39, 0.29) is 0 Å². The molecule has 3 aromatic heterocycles. The molecule has 0 spiro atoms. The van der Waals surface area contributed by atoms with Gasteiger partial charge in [0.1, 0.15) is 5.82 Å². The van der Waals surface area contributed by atoms with Gasteiger partial charge in [0.05, 0.1) is 11.0 Å². The van der Waals surface area contributed by atoms with E-state index in [2.05, 4.69) is 20.3 Å². The van der Waals surface area contributed by atoms with Crippen LogP contribution in [0.1, 0.15) is 0 Å². The molecular formula is C13H10N4. The fourth-order valence-electron chi connectivity index (χ4n) is 1.61. The van der Waals surface area contributed by atoms with E-state index in [1.807, 2.05) is 36.4 Å². The molecule has 0 radical (unpaired) electrons. The highest BCUT2D eigenvalue weighted by Gasteiger charge is 1.98. The van der Waals surface area contributed by atoms with Crippen LogP contribution in [0.5, 0.6) is 0 Å². The topological polar surface area (TPSA) is 50.7 Å². The number of nitrogens with zero attached hydrogens (tertiary/aromatic N) is 3. The Kier molecular flexibility index (Phi) is 2.38. The summed E-state index contributed by atoms with van der Waals surface area (Å²) in [5, 5.41) is 3.22. The smallest absolute Gasteiger partial charge is 0.131 e. The molecule has 3 heterocycles. The van der Waals surface area contributed by atoms with E-state index in [1.165, 1.54) is 0 Å². The maximum absolute atomic E-state index is 4.48. The summed E-state index contributed by atoms with van der Waals surface area (Å²) in [7, 11) is 0. The molecule has 82 valence electrons. The van der Waals surface area contributed by atoms with Crippen molar-refractivity contribution in [2.45, 2.75) is 0 Å². The summed E-state index contributed by atoms with van der Waals surface area (Å²) in [5.41, 5.74) is 2.75. The van der Waals surface area contributed by atoms with Crippen LogP contribution < -0.4 is 5.32 Å². The van der Waals surface area contributed by atoms with Crippen molar-refractivity contribution in [3.05, 3.63) is 55.0 Å². The lowest BCUT2D eigenvalue weighted by Crippen LogP contribution is -1.94. The Morgan fingerprint density at radius 1 is 0.824 bits per heavy atom. The number of pyridine rings is 3. The zero-order chi connectivity index (χ0) is 11.5. The molecule has 0 aliphatic heterocycles. The monoisotopic (exact) mass is 222 g/mol. The summed E-state index contributed by atoms with van der Waals surface area (Å²) in [6.07, 6.45) is 5.25. The van der Waals surface area contributed by atoms with Crippen LogP contribution in [0.25, 0.3) is 11.0 Å². The van der Waals surface area contributed by atoms with E-state index >= 15 is 0 Å². The Morgan fingerprint density at radius 2 is 1.71 bits per heavy atom. The lowest BCUT2D eigenvalue weighted by Gasteiger charge is -2.05. The molecule has 0 aliphatic carbocycles. The third-order valence-corrected chi connectivity index (χ3v) is 2.41. The van der Waals surface area contributed by atoms with Crippen LogP contribution in [0.4, 0.5) is 11.5 Å². The van der Waals surface area contributed by atoms with Gasteiger partial charge in [-0.05, 0) is 36.4 Å². The molecule has 4 nitrogen and oxygen atoms in total. The Labute approximate surface area is 98.4 Å². The quantitative estimate of drug-likeness (QED) is 0.724. The highest BCUT2D eigenvalue weighted by molar-refractivity contribution is 5.76. The number of fused-ring (bicyclic) bond motifs is 1. The van der Waals surface area contributed by atoms with Crippen molar-refractivity contribution in [3.8, 4) is 0 Å². The summed E-state index contributed by atoms with van der Waals surface area (Å²) < 4.78 is 0. The molecule has 17 heavy (non-hydrogen) atoms. The molecule has 0 saturated carbocycles. The summed E-state index contributed by atoms with van der Waals surface area (Å²) in [4.78, 5) is 12.7. The largest absolute Gasteiger partial charge is 0.340 e. The molecule has 1 N–H and O–H groups in total. The van der Waals surface area contributed by atoms with Crippen LogP contribution in [0.3, 0.4) is 0 Å². The third kappa shape index (κ3) is 2.06. The maximum Gasteiger partial charge on any atom is 0.131 e. The minimum Gasteiger partial charge on any atom is -0.340 e. The molecule has 3 aromatic rings. The Bertz CT molecular complexity index is 637. The van der Waals surface area contributed by atoms with Gasteiger partial charge < -0.3 is 5.32 Å². The molecule has 0 fully saturated rings. The number of rotatable bonds is 2. The average molecular weight is 222 g/mol. The standard InChI is InChI=1S/C13H10N4/c1-2-12-11(15-7-1)3-4-13(17-12)16-10-5-8-14-9-6-10/h1-9H,(H,14,16,17). The van der Waals surface area contributed by atoms with E-state index in [0.29, 0.717) is 0 Å². The van der Waals surface area contributed by atoms with E-state index in [0.717, 1.165) is 22.5 Å². The molecule has 0 atom stereocenters. The first kappa shape index (κ1) is 9.72. The van der Waals surface area contributed by atoms with Gasteiger partial charge in [-0.1, -0.05) is 0 Å². The Balaban J connectivity index is 1.96.